The summed E-state index contributed by atoms with van der Waals surface area (Å²) >= 11 is 0. The molecule has 12 heteroatoms. The summed E-state index contributed by atoms with van der Waals surface area (Å²) in [5.74, 6) is 0.0660. The molecule has 0 aromatic heterocycles. The number of carbonyl (C=O) groups is 1. The molecule has 0 unspecified atom stereocenters. The van der Waals surface area contributed by atoms with Gasteiger partial charge >= 0.3 is 12.4 Å². The van der Waals surface area contributed by atoms with Gasteiger partial charge in [0.2, 0.25) is 10.0 Å². The van der Waals surface area contributed by atoms with Gasteiger partial charge in [0, 0.05) is 19.6 Å². The number of benzene rings is 2. The molecular formula is C21H24F3N3O5S. The van der Waals surface area contributed by atoms with E-state index >= 15 is 0 Å². The molecule has 0 spiro atoms. The third-order valence-corrected chi connectivity index (χ3v) is 6.62. The van der Waals surface area contributed by atoms with E-state index in [1.165, 1.54) is 7.11 Å². The highest BCUT2D eigenvalue weighted by atomic mass is 32.2. The van der Waals surface area contributed by atoms with Gasteiger partial charge in [-0.1, -0.05) is 12.1 Å². The first-order valence-electron chi connectivity index (χ1n) is 10.1. The van der Waals surface area contributed by atoms with Gasteiger partial charge in [-0.2, -0.15) is 0 Å². The number of nitrogens with one attached hydrogen (secondary N) is 2. The number of carbonyl (C=O) groups excluding carboxylic acids is 1. The van der Waals surface area contributed by atoms with Crippen molar-refractivity contribution in [1.29, 1.82) is 0 Å². The highest BCUT2D eigenvalue weighted by Crippen LogP contribution is 2.26. The van der Waals surface area contributed by atoms with Gasteiger partial charge in [-0.15, -0.1) is 13.2 Å². The van der Waals surface area contributed by atoms with Crippen LogP contribution in [0, 0.1) is 5.92 Å². The number of para-hydroxylation sites is 2. The number of rotatable bonds is 7. The Hall–Kier alpha value is -2.99. The number of halogens is 3. The third kappa shape index (κ3) is 6.99. The predicted octanol–water partition coefficient (Wildman–Crippen LogP) is 3.82. The first kappa shape index (κ1) is 24.6. The SMILES string of the molecule is COc1ccccc1NC(=O)N1CCC(CNS(=O)(=O)c2ccc(OC(F)(F)F)cc2)CC1. The summed E-state index contributed by atoms with van der Waals surface area (Å²) in [6.07, 6.45) is -3.65. The van der Waals surface area contributed by atoms with Crippen LogP contribution in [0.2, 0.25) is 0 Å². The van der Waals surface area contributed by atoms with Crippen molar-refractivity contribution < 1.29 is 35.9 Å². The number of amides is 2. The molecule has 1 saturated heterocycles. The van der Waals surface area contributed by atoms with E-state index in [1.54, 1.807) is 29.2 Å². The molecule has 1 heterocycles. The fraction of sp³-hybridized carbons (Fsp3) is 0.381. The Balaban J connectivity index is 1.48. The van der Waals surface area contributed by atoms with E-state index in [4.69, 9.17) is 4.74 Å². The van der Waals surface area contributed by atoms with Crippen LogP contribution < -0.4 is 19.5 Å². The maximum absolute atomic E-state index is 12.5. The fourth-order valence-corrected chi connectivity index (χ4v) is 4.53. The maximum atomic E-state index is 12.5. The number of likely N-dealkylation sites (tertiary alicyclic amines) is 1. The fourth-order valence-electron chi connectivity index (χ4n) is 3.41. The van der Waals surface area contributed by atoms with Crippen LogP contribution in [0.1, 0.15) is 12.8 Å². The second-order valence-electron chi connectivity index (χ2n) is 7.43. The van der Waals surface area contributed by atoms with Gasteiger partial charge in [0.25, 0.3) is 0 Å². The Morgan fingerprint density at radius 1 is 1.09 bits per heavy atom. The lowest BCUT2D eigenvalue weighted by Gasteiger charge is -2.32. The molecular weight excluding hydrogens is 463 g/mol. The molecule has 2 aromatic carbocycles. The van der Waals surface area contributed by atoms with Crippen LogP contribution in [0.15, 0.2) is 53.4 Å². The molecule has 1 aliphatic rings. The summed E-state index contributed by atoms with van der Waals surface area (Å²) in [4.78, 5) is 14.0. The summed E-state index contributed by atoms with van der Waals surface area (Å²) in [6, 6.07) is 10.8. The maximum Gasteiger partial charge on any atom is 0.573 e. The summed E-state index contributed by atoms with van der Waals surface area (Å²) in [7, 11) is -2.38. The largest absolute Gasteiger partial charge is 0.573 e. The number of urea groups is 1. The van der Waals surface area contributed by atoms with Gasteiger partial charge in [0.1, 0.15) is 11.5 Å². The van der Waals surface area contributed by atoms with Crippen molar-refractivity contribution in [2.24, 2.45) is 5.92 Å². The lowest BCUT2D eigenvalue weighted by atomic mass is 9.97. The minimum atomic E-state index is -4.85. The van der Waals surface area contributed by atoms with Crippen molar-refractivity contribution in [3.05, 3.63) is 48.5 Å². The monoisotopic (exact) mass is 487 g/mol. The van der Waals surface area contributed by atoms with Crippen LogP contribution in [0.4, 0.5) is 23.7 Å². The molecule has 2 aromatic rings. The van der Waals surface area contributed by atoms with Crippen molar-refractivity contribution in [1.82, 2.24) is 9.62 Å². The molecule has 2 N–H and O–H groups in total. The Labute approximate surface area is 189 Å². The lowest BCUT2D eigenvalue weighted by molar-refractivity contribution is -0.274. The van der Waals surface area contributed by atoms with Crippen LogP contribution in [0.3, 0.4) is 0 Å². The number of hydrogen-bond donors (Lipinski definition) is 2. The van der Waals surface area contributed by atoms with Crippen molar-refractivity contribution in [2.75, 3.05) is 32.1 Å². The quantitative estimate of drug-likeness (QED) is 0.619. The molecule has 0 radical (unpaired) electrons. The highest BCUT2D eigenvalue weighted by Gasteiger charge is 2.31. The molecule has 0 atom stereocenters. The first-order chi connectivity index (χ1) is 15.6. The molecule has 8 nitrogen and oxygen atoms in total. The van der Waals surface area contributed by atoms with E-state index in [0.29, 0.717) is 37.4 Å². The average molecular weight is 488 g/mol. The standard InChI is InChI=1S/C21H24F3N3O5S/c1-31-19-5-3-2-4-18(19)26-20(28)27-12-10-15(11-13-27)14-25-33(29,30)17-8-6-16(7-9-17)32-21(22,23)24/h2-9,15,25H,10-14H2,1H3,(H,26,28). The van der Waals surface area contributed by atoms with Crippen molar-refractivity contribution in [3.8, 4) is 11.5 Å². The third-order valence-electron chi connectivity index (χ3n) is 5.18. The van der Waals surface area contributed by atoms with Crippen LogP contribution in [-0.4, -0.2) is 52.5 Å². The predicted molar refractivity (Wildman–Crippen MR) is 115 cm³/mol. The van der Waals surface area contributed by atoms with Crippen LogP contribution >= 0.6 is 0 Å². The molecule has 0 saturated carbocycles. The summed E-state index contributed by atoms with van der Waals surface area (Å²) in [6.45, 7) is 1.07. The smallest absolute Gasteiger partial charge is 0.495 e. The normalized spacial score (nSPS) is 15.2. The first-order valence-corrected chi connectivity index (χ1v) is 11.6. The number of sulfonamides is 1. The molecule has 0 aliphatic carbocycles. The molecule has 180 valence electrons. The number of nitrogens with zero attached hydrogens (tertiary/aromatic N) is 1. The second-order valence-corrected chi connectivity index (χ2v) is 9.20. The highest BCUT2D eigenvalue weighted by molar-refractivity contribution is 7.89. The Kier molecular flexibility index (Phi) is 7.69. The van der Waals surface area contributed by atoms with Gasteiger partial charge < -0.3 is 19.7 Å². The molecule has 1 fully saturated rings. The van der Waals surface area contributed by atoms with Gasteiger partial charge in [0.15, 0.2) is 0 Å². The number of alkyl halides is 3. The minimum absolute atomic E-state index is 0.0166. The van der Waals surface area contributed by atoms with E-state index in [9.17, 15) is 26.4 Å². The van der Waals surface area contributed by atoms with Gasteiger partial charge in [0.05, 0.1) is 17.7 Å². The van der Waals surface area contributed by atoms with E-state index in [1.807, 2.05) is 0 Å². The molecule has 1 aliphatic heterocycles. The van der Waals surface area contributed by atoms with Crippen LogP contribution in [-0.2, 0) is 10.0 Å². The van der Waals surface area contributed by atoms with Crippen LogP contribution in [0.5, 0.6) is 11.5 Å². The zero-order valence-corrected chi connectivity index (χ0v) is 18.6. The number of hydrogen-bond acceptors (Lipinski definition) is 5. The summed E-state index contributed by atoms with van der Waals surface area (Å²) in [5, 5.41) is 2.81. The lowest BCUT2D eigenvalue weighted by Crippen LogP contribution is -2.43. The average Bonchev–Trinajstić information content (AvgIpc) is 2.78. The summed E-state index contributed by atoms with van der Waals surface area (Å²) < 4.78 is 73.1. The molecule has 3 rings (SSSR count). The van der Waals surface area contributed by atoms with Crippen molar-refractivity contribution in [3.63, 3.8) is 0 Å². The van der Waals surface area contributed by atoms with Crippen molar-refractivity contribution in [2.45, 2.75) is 24.1 Å². The van der Waals surface area contributed by atoms with Gasteiger partial charge in [-0.25, -0.2) is 17.9 Å². The number of piperidine rings is 1. The zero-order chi connectivity index (χ0) is 24.1. The van der Waals surface area contributed by atoms with Crippen LogP contribution in [0.25, 0.3) is 0 Å². The van der Waals surface area contributed by atoms with E-state index in [0.717, 1.165) is 24.3 Å². The Morgan fingerprint density at radius 2 is 1.73 bits per heavy atom. The summed E-state index contributed by atoms with van der Waals surface area (Å²) in [5.41, 5.74) is 0.562. The number of methoxy groups -OCH3 is 1. The zero-order valence-electron chi connectivity index (χ0n) is 17.8. The topological polar surface area (TPSA) is 97.0 Å². The van der Waals surface area contributed by atoms with Crippen molar-refractivity contribution >= 4 is 21.7 Å². The van der Waals surface area contributed by atoms with E-state index in [-0.39, 0.29) is 23.4 Å². The molecule has 0 bridgehead atoms. The Bertz CT molecular complexity index is 1050. The van der Waals surface area contributed by atoms with Gasteiger partial charge in [-0.3, -0.25) is 0 Å². The van der Waals surface area contributed by atoms with Gasteiger partial charge in [-0.05, 0) is 55.2 Å². The molecule has 33 heavy (non-hydrogen) atoms. The van der Waals surface area contributed by atoms with E-state index < -0.39 is 22.1 Å². The number of ether oxygens (including phenoxy) is 2. The molecule has 2 amide bonds. The Morgan fingerprint density at radius 3 is 2.33 bits per heavy atom. The number of anilines is 1. The van der Waals surface area contributed by atoms with E-state index in [2.05, 4.69) is 14.8 Å². The second kappa shape index (κ2) is 10.3. The minimum Gasteiger partial charge on any atom is -0.495 e.